The molecule has 1 aromatic rings. The van der Waals surface area contributed by atoms with Gasteiger partial charge < -0.3 is 5.73 Å². The highest BCUT2D eigenvalue weighted by Crippen LogP contribution is 2.28. The van der Waals surface area contributed by atoms with Crippen molar-refractivity contribution >= 4 is 24.0 Å². The Morgan fingerprint density at radius 1 is 1.40 bits per heavy atom. The second-order valence-corrected chi connectivity index (χ2v) is 3.27. The lowest BCUT2D eigenvalue weighted by atomic mass is 10.0. The van der Waals surface area contributed by atoms with Crippen LogP contribution in [0.5, 0.6) is 0 Å². The van der Waals surface area contributed by atoms with Crippen molar-refractivity contribution in [3.63, 3.8) is 0 Å². The molecular weight excluding hydrogens is 243 g/mol. The summed E-state index contributed by atoms with van der Waals surface area (Å²) in [5.74, 6) is -1.26. The predicted octanol–water partition coefficient (Wildman–Crippen LogP) is 3.62. The fourth-order valence-electron chi connectivity index (χ4n) is 1.18. The summed E-state index contributed by atoms with van der Waals surface area (Å²) in [6.45, 7) is 3.47. The van der Waals surface area contributed by atoms with Crippen molar-refractivity contribution in [3.8, 4) is 0 Å². The first kappa shape index (κ1) is 14.4. The van der Waals surface area contributed by atoms with Gasteiger partial charge in [-0.15, -0.1) is 19.0 Å². The SMILES string of the molecule is C=CC[C@H](N)c1c(F)ccc(F)c1Cl.Cl. The number of nitrogens with two attached hydrogens (primary N) is 1. The van der Waals surface area contributed by atoms with Gasteiger partial charge in [0.15, 0.2) is 0 Å². The van der Waals surface area contributed by atoms with Gasteiger partial charge in [0.25, 0.3) is 0 Å². The van der Waals surface area contributed by atoms with E-state index in [1.54, 1.807) is 0 Å². The fourth-order valence-corrected chi connectivity index (χ4v) is 1.47. The molecule has 0 heterocycles. The lowest BCUT2D eigenvalue weighted by Crippen LogP contribution is -2.12. The van der Waals surface area contributed by atoms with Crippen LogP contribution in [-0.2, 0) is 0 Å². The Bertz CT molecular complexity index is 356. The standard InChI is InChI=1S/C10H10ClF2N.ClH/c1-2-3-8(14)9-6(12)4-5-7(13)10(9)11;/h2,4-5,8H,1,3,14H2;1H/t8-;/m0./s1. The third kappa shape index (κ3) is 3.16. The number of rotatable bonds is 3. The second kappa shape index (κ2) is 6.05. The molecule has 0 aliphatic heterocycles. The summed E-state index contributed by atoms with van der Waals surface area (Å²) in [7, 11) is 0. The lowest BCUT2D eigenvalue weighted by Gasteiger charge is -2.12. The van der Waals surface area contributed by atoms with Gasteiger partial charge in [0.05, 0.1) is 5.02 Å². The van der Waals surface area contributed by atoms with E-state index in [4.69, 9.17) is 17.3 Å². The molecule has 0 aliphatic carbocycles. The van der Waals surface area contributed by atoms with Crippen molar-refractivity contribution < 1.29 is 8.78 Å². The van der Waals surface area contributed by atoms with Crippen LogP contribution in [0.3, 0.4) is 0 Å². The molecular formula is C10H11Cl2F2N. The van der Waals surface area contributed by atoms with Crippen LogP contribution in [0.25, 0.3) is 0 Å². The minimum atomic E-state index is -0.664. The summed E-state index contributed by atoms with van der Waals surface area (Å²) in [6.07, 6.45) is 1.88. The first-order valence-corrected chi connectivity index (χ1v) is 4.45. The van der Waals surface area contributed by atoms with Gasteiger partial charge >= 0.3 is 0 Å². The van der Waals surface area contributed by atoms with Gasteiger partial charge in [-0.3, -0.25) is 0 Å². The Balaban J connectivity index is 0.00000196. The Labute approximate surface area is 98.3 Å². The van der Waals surface area contributed by atoms with Crippen molar-refractivity contribution in [2.24, 2.45) is 5.73 Å². The van der Waals surface area contributed by atoms with Gasteiger partial charge in [0, 0.05) is 11.6 Å². The van der Waals surface area contributed by atoms with Gasteiger partial charge in [-0.2, -0.15) is 0 Å². The zero-order chi connectivity index (χ0) is 10.7. The molecule has 0 spiro atoms. The highest BCUT2D eigenvalue weighted by atomic mass is 35.5. The minimum absolute atomic E-state index is 0. The quantitative estimate of drug-likeness (QED) is 0.647. The summed E-state index contributed by atoms with van der Waals surface area (Å²) in [5, 5.41) is -0.251. The van der Waals surface area contributed by atoms with E-state index in [0.717, 1.165) is 12.1 Å². The van der Waals surface area contributed by atoms with Crippen LogP contribution in [-0.4, -0.2) is 0 Å². The van der Waals surface area contributed by atoms with Crippen LogP contribution in [0.2, 0.25) is 5.02 Å². The normalized spacial score (nSPS) is 11.7. The molecule has 5 heteroatoms. The Hall–Kier alpha value is -0.640. The number of benzene rings is 1. The van der Waals surface area contributed by atoms with Crippen LogP contribution >= 0.6 is 24.0 Å². The van der Waals surface area contributed by atoms with E-state index in [1.807, 2.05) is 0 Å². The first-order chi connectivity index (χ1) is 6.57. The van der Waals surface area contributed by atoms with E-state index >= 15 is 0 Å². The van der Waals surface area contributed by atoms with E-state index < -0.39 is 17.7 Å². The maximum absolute atomic E-state index is 13.2. The highest BCUT2D eigenvalue weighted by molar-refractivity contribution is 6.31. The monoisotopic (exact) mass is 253 g/mol. The topological polar surface area (TPSA) is 26.0 Å². The molecule has 0 amide bonds. The number of hydrogen-bond donors (Lipinski definition) is 1. The predicted molar refractivity (Wildman–Crippen MR) is 60.4 cm³/mol. The summed E-state index contributed by atoms with van der Waals surface area (Å²) in [4.78, 5) is 0. The molecule has 0 saturated carbocycles. The molecule has 0 bridgehead atoms. The van der Waals surface area contributed by atoms with E-state index in [2.05, 4.69) is 6.58 Å². The maximum Gasteiger partial charge on any atom is 0.142 e. The maximum atomic E-state index is 13.2. The molecule has 0 aliphatic rings. The molecule has 0 saturated heterocycles. The molecule has 0 unspecified atom stereocenters. The average molecular weight is 254 g/mol. The van der Waals surface area contributed by atoms with Crippen molar-refractivity contribution in [2.75, 3.05) is 0 Å². The van der Waals surface area contributed by atoms with Crippen molar-refractivity contribution in [1.29, 1.82) is 0 Å². The highest BCUT2D eigenvalue weighted by Gasteiger charge is 2.17. The molecule has 84 valence electrons. The second-order valence-electron chi connectivity index (χ2n) is 2.89. The van der Waals surface area contributed by atoms with Crippen LogP contribution in [0.4, 0.5) is 8.78 Å². The molecule has 0 aromatic heterocycles. The molecule has 0 fully saturated rings. The van der Waals surface area contributed by atoms with Crippen LogP contribution in [0.15, 0.2) is 24.8 Å². The first-order valence-electron chi connectivity index (χ1n) is 4.07. The number of halogens is 4. The molecule has 1 nitrogen and oxygen atoms in total. The minimum Gasteiger partial charge on any atom is -0.324 e. The fraction of sp³-hybridized carbons (Fsp3) is 0.200. The number of hydrogen-bond acceptors (Lipinski definition) is 1. The average Bonchev–Trinajstić information content (AvgIpc) is 2.13. The van der Waals surface area contributed by atoms with Gasteiger partial charge in [0.1, 0.15) is 11.6 Å². The van der Waals surface area contributed by atoms with Crippen LogP contribution < -0.4 is 5.73 Å². The van der Waals surface area contributed by atoms with Crippen LogP contribution in [0.1, 0.15) is 18.0 Å². The Morgan fingerprint density at radius 2 is 1.93 bits per heavy atom. The molecule has 1 aromatic carbocycles. The lowest BCUT2D eigenvalue weighted by molar-refractivity contribution is 0.564. The van der Waals surface area contributed by atoms with E-state index in [0.29, 0.717) is 6.42 Å². The summed E-state index contributed by atoms with van der Waals surface area (Å²) in [5.41, 5.74) is 5.62. The molecule has 0 radical (unpaired) electrons. The molecule has 15 heavy (non-hydrogen) atoms. The van der Waals surface area contributed by atoms with Crippen molar-refractivity contribution in [2.45, 2.75) is 12.5 Å². The third-order valence-electron chi connectivity index (χ3n) is 1.87. The van der Waals surface area contributed by atoms with Gasteiger partial charge in [-0.05, 0) is 18.6 Å². The molecule has 1 rings (SSSR count). The zero-order valence-corrected chi connectivity index (χ0v) is 9.42. The van der Waals surface area contributed by atoms with E-state index in [9.17, 15) is 8.78 Å². The Kier molecular flexibility index (Phi) is 5.80. The zero-order valence-electron chi connectivity index (χ0n) is 7.84. The van der Waals surface area contributed by atoms with Crippen LogP contribution in [0, 0.1) is 11.6 Å². The molecule has 1 atom stereocenters. The molecule has 2 N–H and O–H groups in total. The van der Waals surface area contributed by atoms with Gasteiger partial charge in [-0.25, -0.2) is 8.78 Å². The van der Waals surface area contributed by atoms with E-state index in [1.165, 1.54) is 6.08 Å². The van der Waals surface area contributed by atoms with Gasteiger partial charge in [-0.1, -0.05) is 17.7 Å². The summed E-state index contributed by atoms with van der Waals surface area (Å²) < 4.78 is 26.2. The van der Waals surface area contributed by atoms with Gasteiger partial charge in [0.2, 0.25) is 0 Å². The largest absolute Gasteiger partial charge is 0.324 e. The third-order valence-corrected chi connectivity index (χ3v) is 2.25. The Morgan fingerprint density at radius 3 is 2.47 bits per heavy atom. The summed E-state index contributed by atoms with van der Waals surface area (Å²) >= 11 is 5.60. The van der Waals surface area contributed by atoms with Crippen molar-refractivity contribution in [3.05, 3.63) is 47.0 Å². The van der Waals surface area contributed by atoms with E-state index in [-0.39, 0.29) is 23.0 Å². The summed E-state index contributed by atoms with van der Waals surface area (Å²) in [6, 6.07) is 1.33. The van der Waals surface area contributed by atoms with Crippen molar-refractivity contribution in [1.82, 2.24) is 0 Å². The smallest absolute Gasteiger partial charge is 0.142 e.